The van der Waals surface area contributed by atoms with Gasteiger partial charge in [0.25, 0.3) is 5.91 Å². The van der Waals surface area contributed by atoms with E-state index < -0.39 is 6.10 Å². The molecule has 0 bridgehead atoms. The van der Waals surface area contributed by atoms with E-state index in [1.165, 1.54) is 37.1 Å². The van der Waals surface area contributed by atoms with Crippen molar-refractivity contribution >= 4 is 5.91 Å². The molecule has 2 aromatic carbocycles. The van der Waals surface area contributed by atoms with Gasteiger partial charge in [-0.05, 0) is 68.1 Å². The zero-order chi connectivity index (χ0) is 19.1. The monoisotopic (exact) mass is 366 g/mol. The van der Waals surface area contributed by atoms with Gasteiger partial charge in [0, 0.05) is 13.1 Å². The molecule has 144 valence electrons. The quantitative estimate of drug-likeness (QED) is 0.766. The zero-order valence-electron chi connectivity index (χ0n) is 16.4. The Morgan fingerprint density at radius 3 is 2.56 bits per heavy atom. The van der Waals surface area contributed by atoms with Gasteiger partial charge in [-0.25, -0.2) is 0 Å². The van der Waals surface area contributed by atoms with Gasteiger partial charge in [-0.2, -0.15) is 0 Å². The number of nitrogens with zero attached hydrogens (tertiary/aromatic N) is 1. The van der Waals surface area contributed by atoms with Crippen LogP contribution in [0, 0.1) is 6.92 Å². The molecule has 1 heterocycles. The van der Waals surface area contributed by atoms with Gasteiger partial charge >= 0.3 is 0 Å². The van der Waals surface area contributed by atoms with Crippen molar-refractivity contribution in [3.63, 3.8) is 0 Å². The van der Waals surface area contributed by atoms with Gasteiger partial charge in [0.15, 0.2) is 6.10 Å². The van der Waals surface area contributed by atoms with E-state index in [4.69, 9.17) is 4.74 Å². The first-order chi connectivity index (χ1) is 13.2. The van der Waals surface area contributed by atoms with Crippen LogP contribution in [0.5, 0.6) is 5.75 Å². The number of benzene rings is 2. The Kier molecular flexibility index (Phi) is 6.88. The summed E-state index contributed by atoms with van der Waals surface area (Å²) in [7, 11) is 0. The van der Waals surface area contributed by atoms with Crippen LogP contribution in [0.1, 0.15) is 42.9 Å². The lowest BCUT2D eigenvalue weighted by molar-refractivity contribution is -0.128. The molecule has 1 fully saturated rings. The van der Waals surface area contributed by atoms with Gasteiger partial charge in [0.1, 0.15) is 5.75 Å². The first-order valence-electron chi connectivity index (χ1n) is 9.96. The molecule has 0 unspecified atom stereocenters. The summed E-state index contributed by atoms with van der Waals surface area (Å²) in [6.07, 6.45) is 2.73. The summed E-state index contributed by atoms with van der Waals surface area (Å²) in [5.41, 5.74) is 3.61. The number of likely N-dealkylation sites (tertiary alicyclic amines) is 1. The Bertz CT molecular complexity index is 754. The molecular weight excluding hydrogens is 336 g/mol. The lowest BCUT2D eigenvalue weighted by atomic mass is 10.1. The van der Waals surface area contributed by atoms with Crippen molar-refractivity contribution in [1.29, 1.82) is 0 Å². The number of carbonyl (C=O) groups is 1. The van der Waals surface area contributed by atoms with Gasteiger partial charge in [-0.15, -0.1) is 0 Å². The molecule has 1 amide bonds. The second-order valence-electron chi connectivity index (χ2n) is 7.30. The topological polar surface area (TPSA) is 41.6 Å². The van der Waals surface area contributed by atoms with Crippen molar-refractivity contribution in [2.24, 2.45) is 0 Å². The number of hydrogen-bond acceptors (Lipinski definition) is 3. The molecule has 0 aromatic heterocycles. The van der Waals surface area contributed by atoms with E-state index in [-0.39, 0.29) is 5.91 Å². The van der Waals surface area contributed by atoms with Crippen molar-refractivity contribution < 1.29 is 9.53 Å². The third-order valence-electron chi connectivity index (χ3n) is 5.10. The van der Waals surface area contributed by atoms with E-state index in [0.717, 1.165) is 17.9 Å². The molecule has 2 aromatic rings. The number of amides is 1. The molecule has 0 radical (unpaired) electrons. The van der Waals surface area contributed by atoms with Gasteiger partial charge in [-0.3, -0.25) is 9.69 Å². The number of nitrogens with one attached hydrogen (secondary N) is 1. The number of ether oxygens (including phenoxy) is 1. The minimum absolute atomic E-state index is 0.0602. The molecule has 0 saturated carbocycles. The molecule has 27 heavy (non-hydrogen) atoms. The molecule has 1 N–H and O–H groups in total. The third-order valence-corrected chi connectivity index (χ3v) is 5.10. The minimum atomic E-state index is -0.474. The van der Waals surface area contributed by atoms with Crippen molar-refractivity contribution in [2.75, 3.05) is 13.1 Å². The molecule has 1 saturated heterocycles. The van der Waals surface area contributed by atoms with Crippen LogP contribution in [0.25, 0.3) is 0 Å². The first kappa shape index (κ1) is 19.4. The van der Waals surface area contributed by atoms with Gasteiger partial charge in [0.05, 0.1) is 0 Å². The fourth-order valence-electron chi connectivity index (χ4n) is 3.54. The highest BCUT2D eigenvalue weighted by molar-refractivity contribution is 5.81. The summed E-state index contributed by atoms with van der Waals surface area (Å²) in [5, 5.41) is 3.07. The summed E-state index contributed by atoms with van der Waals surface area (Å²) in [6.45, 7) is 7.83. The molecule has 1 aliphatic rings. The Morgan fingerprint density at radius 2 is 1.85 bits per heavy atom. The van der Waals surface area contributed by atoms with Crippen molar-refractivity contribution in [3.05, 3.63) is 65.2 Å². The molecule has 3 rings (SSSR count). The van der Waals surface area contributed by atoms with Crippen LogP contribution in [0.2, 0.25) is 0 Å². The molecule has 1 atom stereocenters. The highest BCUT2D eigenvalue weighted by Crippen LogP contribution is 2.17. The molecule has 4 nitrogen and oxygen atoms in total. The van der Waals surface area contributed by atoms with E-state index in [9.17, 15) is 4.79 Å². The first-order valence-corrected chi connectivity index (χ1v) is 9.96. The number of aryl methyl sites for hydroxylation is 1. The van der Waals surface area contributed by atoms with Crippen LogP contribution < -0.4 is 10.1 Å². The maximum atomic E-state index is 12.6. The molecule has 0 aliphatic carbocycles. The maximum Gasteiger partial charge on any atom is 0.261 e. The maximum absolute atomic E-state index is 12.6. The third kappa shape index (κ3) is 5.57. The summed E-state index contributed by atoms with van der Waals surface area (Å²) >= 11 is 0. The number of rotatable bonds is 8. The summed E-state index contributed by atoms with van der Waals surface area (Å²) in [4.78, 5) is 15.1. The molecule has 1 aliphatic heterocycles. The number of hydrogen-bond donors (Lipinski definition) is 1. The largest absolute Gasteiger partial charge is 0.481 e. The average Bonchev–Trinajstić information content (AvgIpc) is 3.18. The average molecular weight is 367 g/mol. The van der Waals surface area contributed by atoms with E-state index in [1.807, 2.05) is 44.2 Å². The highest BCUT2D eigenvalue weighted by Gasteiger charge is 2.19. The normalized spacial score (nSPS) is 15.5. The summed E-state index contributed by atoms with van der Waals surface area (Å²) in [6, 6.07) is 16.2. The fourth-order valence-corrected chi connectivity index (χ4v) is 3.54. The molecule has 0 spiro atoms. The van der Waals surface area contributed by atoms with Crippen LogP contribution in [0.15, 0.2) is 48.5 Å². The summed E-state index contributed by atoms with van der Waals surface area (Å²) < 4.78 is 5.91. The Hall–Kier alpha value is -2.33. The van der Waals surface area contributed by atoms with E-state index in [2.05, 4.69) is 28.4 Å². The van der Waals surface area contributed by atoms with E-state index in [1.54, 1.807) is 0 Å². The second-order valence-corrected chi connectivity index (χ2v) is 7.30. The predicted molar refractivity (Wildman–Crippen MR) is 109 cm³/mol. The highest BCUT2D eigenvalue weighted by atomic mass is 16.5. The summed E-state index contributed by atoms with van der Waals surface area (Å²) in [5.74, 6) is 0.682. The van der Waals surface area contributed by atoms with Gasteiger partial charge in [0.2, 0.25) is 0 Å². The lowest BCUT2D eigenvalue weighted by Crippen LogP contribution is -2.37. The lowest BCUT2D eigenvalue weighted by Gasteiger charge is -2.20. The zero-order valence-corrected chi connectivity index (χ0v) is 16.4. The van der Waals surface area contributed by atoms with Crippen LogP contribution in [0.4, 0.5) is 0 Å². The number of carbonyl (C=O) groups excluding carboxylic acids is 1. The fraction of sp³-hybridized carbons (Fsp3) is 0.435. The van der Waals surface area contributed by atoms with Crippen molar-refractivity contribution in [3.8, 4) is 5.75 Å². The van der Waals surface area contributed by atoms with Crippen LogP contribution in [-0.4, -0.2) is 30.0 Å². The Morgan fingerprint density at radius 1 is 1.11 bits per heavy atom. The van der Waals surface area contributed by atoms with E-state index >= 15 is 0 Å². The van der Waals surface area contributed by atoms with Crippen molar-refractivity contribution in [2.45, 2.75) is 52.3 Å². The molecule has 4 heteroatoms. The van der Waals surface area contributed by atoms with Gasteiger partial charge in [-0.1, -0.05) is 43.3 Å². The second kappa shape index (κ2) is 9.56. The molecular formula is C23H30N2O2. The van der Waals surface area contributed by atoms with Crippen molar-refractivity contribution in [1.82, 2.24) is 10.2 Å². The van der Waals surface area contributed by atoms with Gasteiger partial charge < -0.3 is 10.1 Å². The predicted octanol–water partition coefficient (Wildman–Crippen LogP) is 4.06. The Labute approximate surface area is 162 Å². The van der Waals surface area contributed by atoms with Crippen LogP contribution in [-0.2, 0) is 17.9 Å². The standard InChI is InChI=1S/C23H30N2O2/c1-3-22(27-21-12-8-9-18(2)15-21)23(26)24-16-19-10-4-5-11-20(19)17-25-13-6-7-14-25/h4-5,8-12,15,22H,3,6-7,13-14,16-17H2,1-2H3,(H,24,26)/t22-/m0/s1. The Balaban J connectivity index is 1.59. The van der Waals surface area contributed by atoms with Crippen LogP contribution >= 0.6 is 0 Å². The smallest absolute Gasteiger partial charge is 0.261 e. The SMILES string of the molecule is CC[C@H](Oc1cccc(C)c1)C(=O)NCc1ccccc1CN1CCCC1. The minimum Gasteiger partial charge on any atom is -0.481 e. The van der Waals surface area contributed by atoms with Crippen LogP contribution in [0.3, 0.4) is 0 Å². The van der Waals surface area contributed by atoms with E-state index in [0.29, 0.717) is 13.0 Å².